The molecule has 10 heavy (non-hydrogen) atoms. The van der Waals surface area contributed by atoms with Gasteiger partial charge in [0.25, 0.3) is 0 Å². The Bertz CT molecular complexity index is 156. The molecule has 0 amide bonds. The second-order valence-corrected chi connectivity index (χ2v) is 3.75. The first-order valence-electron chi connectivity index (χ1n) is 4.39. The molecule has 0 aromatic heterocycles. The third-order valence-electron chi connectivity index (χ3n) is 2.55. The van der Waals surface area contributed by atoms with Gasteiger partial charge >= 0.3 is 0 Å². The van der Waals surface area contributed by atoms with Crippen LogP contribution in [0.5, 0.6) is 0 Å². The van der Waals surface area contributed by atoms with E-state index in [9.17, 15) is 0 Å². The van der Waals surface area contributed by atoms with E-state index in [0.717, 1.165) is 18.4 Å². The molecule has 2 rings (SSSR count). The van der Waals surface area contributed by atoms with Crippen molar-refractivity contribution in [1.29, 1.82) is 0 Å². The average Bonchev–Trinajstić information content (AvgIpc) is 2.71. The van der Waals surface area contributed by atoms with E-state index in [1.807, 2.05) is 0 Å². The molecule has 0 bridgehead atoms. The summed E-state index contributed by atoms with van der Waals surface area (Å²) in [6.45, 7) is 3.40. The lowest BCUT2D eigenvalue weighted by molar-refractivity contribution is 0.532. The van der Waals surface area contributed by atoms with Gasteiger partial charge in [-0.15, -0.1) is 0 Å². The molecule has 1 atom stereocenters. The zero-order valence-corrected chi connectivity index (χ0v) is 6.64. The lowest BCUT2D eigenvalue weighted by Crippen LogP contribution is -2.14. The smallest absolute Gasteiger partial charge is 0.0414 e. The van der Waals surface area contributed by atoms with Crippen molar-refractivity contribution >= 4 is 5.71 Å². The maximum absolute atomic E-state index is 4.59. The Morgan fingerprint density at radius 1 is 1.30 bits per heavy atom. The maximum Gasteiger partial charge on any atom is 0.0414 e. The van der Waals surface area contributed by atoms with E-state index < -0.39 is 0 Å². The van der Waals surface area contributed by atoms with Gasteiger partial charge in [0.05, 0.1) is 0 Å². The summed E-state index contributed by atoms with van der Waals surface area (Å²) in [5.74, 6) is 1.77. The van der Waals surface area contributed by atoms with Gasteiger partial charge in [-0.1, -0.05) is 6.92 Å². The van der Waals surface area contributed by atoms with E-state index in [4.69, 9.17) is 0 Å². The van der Waals surface area contributed by atoms with Crippen molar-refractivity contribution in [2.45, 2.75) is 32.6 Å². The van der Waals surface area contributed by atoms with Gasteiger partial charge in [-0.05, 0) is 37.5 Å². The summed E-state index contributed by atoms with van der Waals surface area (Å²) < 4.78 is 0. The first-order valence-corrected chi connectivity index (χ1v) is 4.39. The minimum absolute atomic E-state index is 0.850. The molecule has 1 heterocycles. The van der Waals surface area contributed by atoms with Gasteiger partial charge in [-0.2, -0.15) is 0 Å². The first kappa shape index (κ1) is 6.38. The molecular formula is C9H15N. The van der Waals surface area contributed by atoms with E-state index in [1.54, 1.807) is 0 Å². The summed E-state index contributed by atoms with van der Waals surface area (Å²) in [5.41, 5.74) is 1.54. The van der Waals surface area contributed by atoms with Gasteiger partial charge in [-0.3, -0.25) is 4.99 Å². The molecular weight excluding hydrogens is 122 g/mol. The summed E-state index contributed by atoms with van der Waals surface area (Å²) in [6.07, 6.45) is 5.53. The van der Waals surface area contributed by atoms with E-state index in [-0.39, 0.29) is 0 Å². The van der Waals surface area contributed by atoms with Gasteiger partial charge in [0, 0.05) is 12.3 Å². The van der Waals surface area contributed by atoms with Gasteiger partial charge in [0.1, 0.15) is 0 Å². The molecule has 56 valence electrons. The fraction of sp³-hybridized carbons (Fsp3) is 0.889. The highest BCUT2D eigenvalue weighted by Gasteiger charge is 2.28. The van der Waals surface area contributed by atoms with E-state index >= 15 is 0 Å². The molecule has 2 aliphatic rings. The molecule has 1 fully saturated rings. The molecule has 0 aromatic rings. The van der Waals surface area contributed by atoms with Crippen LogP contribution >= 0.6 is 0 Å². The maximum atomic E-state index is 4.59. The van der Waals surface area contributed by atoms with E-state index in [0.29, 0.717) is 0 Å². The second-order valence-electron chi connectivity index (χ2n) is 3.75. The predicted molar refractivity (Wildman–Crippen MR) is 43.4 cm³/mol. The Morgan fingerprint density at radius 2 is 2.10 bits per heavy atom. The monoisotopic (exact) mass is 137 g/mol. The molecule has 0 saturated heterocycles. The predicted octanol–water partition coefficient (Wildman–Crippen LogP) is 2.27. The fourth-order valence-corrected chi connectivity index (χ4v) is 1.59. The minimum Gasteiger partial charge on any atom is -0.294 e. The summed E-state index contributed by atoms with van der Waals surface area (Å²) in [5, 5.41) is 0. The lowest BCUT2D eigenvalue weighted by atomic mass is 9.98. The lowest BCUT2D eigenvalue weighted by Gasteiger charge is -2.16. The SMILES string of the molecule is C[C@H]1CCC(C2CC2)=NC1. The standard InChI is InChI=1S/C9H15N/c1-7-2-5-9(10-6-7)8-3-4-8/h7-8H,2-6H2,1H3/t7-/m0/s1. The summed E-state index contributed by atoms with van der Waals surface area (Å²) in [6, 6.07) is 0. The molecule has 1 aliphatic carbocycles. The highest BCUT2D eigenvalue weighted by molar-refractivity contribution is 5.89. The van der Waals surface area contributed by atoms with Crippen LogP contribution in [0.25, 0.3) is 0 Å². The van der Waals surface area contributed by atoms with Crippen LogP contribution < -0.4 is 0 Å². The molecule has 0 spiro atoms. The van der Waals surface area contributed by atoms with Crippen molar-refractivity contribution in [2.75, 3.05) is 6.54 Å². The fourth-order valence-electron chi connectivity index (χ4n) is 1.59. The molecule has 0 aromatic carbocycles. The Balaban J connectivity index is 1.96. The molecule has 1 saturated carbocycles. The van der Waals surface area contributed by atoms with Crippen LogP contribution in [0.3, 0.4) is 0 Å². The zero-order valence-electron chi connectivity index (χ0n) is 6.64. The molecule has 0 unspecified atom stereocenters. The normalized spacial score (nSPS) is 33.7. The molecule has 1 heteroatoms. The van der Waals surface area contributed by atoms with E-state index in [2.05, 4.69) is 11.9 Å². The van der Waals surface area contributed by atoms with Crippen LogP contribution in [-0.2, 0) is 0 Å². The largest absolute Gasteiger partial charge is 0.294 e. The van der Waals surface area contributed by atoms with Gasteiger partial charge < -0.3 is 0 Å². The van der Waals surface area contributed by atoms with Crippen LogP contribution in [0.4, 0.5) is 0 Å². The average molecular weight is 137 g/mol. The molecule has 1 aliphatic heterocycles. The molecule has 1 nitrogen and oxygen atoms in total. The quantitative estimate of drug-likeness (QED) is 0.525. The minimum atomic E-state index is 0.850. The van der Waals surface area contributed by atoms with Crippen molar-refractivity contribution < 1.29 is 0 Å². The number of aliphatic imine (C=N–C) groups is 1. The van der Waals surface area contributed by atoms with Crippen LogP contribution in [0.15, 0.2) is 4.99 Å². The molecule has 0 N–H and O–H groups in total. The second kappa shape index (κ2) is 2.37. The number of nitrogens with zero attached hydrogens (tertiary/aromatic N) is 1. The topological polar surface area (TPSA) is 12.4 Å². The number of hydrogen-bond donors (Lipinski definition) is 0. The summed E-state index contributed by atoms with van der Waals surface area (Å²) in [4.78, 5) is 4.59. The summed E-state index contributed by atoms with van der Waals surface area (Å²) >= 11 is 0. The van der Waals surface area contributed by atoms with Crippen molar-refractivity contribution in [3.63, 3.8) is 0 Å². The van der Waals surface area contributed by atoms with Crippen molar-refractivity contribution in [3.8, 4) is 0 Å². The molecule has 0 radical (unpaired) electrons. The Morgan fingerprint density at radius 3 is 2.60 bits per heavy atom. The van der Waals surface area contributed by atoms with Crippen molar-refractivity contribution in [2.24, 2.45) is 16.8 Å². The van der Waals surface area contributed by atoms with Gasteiger partial charge in [-0.25, -0.2) is 0 Å². The van der Waals surface area contributed by atoms with Crippen LogP contribution in [0.2, 0.25) is 0 Å². The van der Waals surface area contributed by atoms with E-state index in [1.165, 1.54) is 31.4 Å². The third-order valence-corrected chi connectivity index (χ3v) is 2.55. The van der Waals surface area contributed by atoms with Gasteiger partial charge in [0.2, 0.25) is 0 Å². The summed E-state index contributed by atoms with van der Waals surface area (Å²) in [7, 11) is 0. The van der Waals surface area contributed by atoms with Crippen molar-refractivity contribution in [1.82, 2.24) is 0 Å². The first-order chi connectivity index (χ1) is 4.86. The van der Waals surface area contributed by atoms with Gasteiger partial charge in [0.15, 0.2) is 0 Å². The highest BCUT2D eigenvalue weighted by atomic mass is 14.8. The van der Waals surface area contributed by atoms with Crippen LogP contribution in [-0.4, -0.2) is 12.3 Å². The number of hydrogen-bond acceptors (Lipinski definition) is 1. The number of rotatable bonds is 1. The van der Waals surface area contributed by atoms with Crippen LogP contribution in [0, 0.1) is 11.8 Å². The zero-order chi connectivity index (χ0) is 6.97. The Hall–Kier alpha value is -0.330. The Labute approximate surface area is 62.5 Å². The third kappa shape index (κ3) is 1.23. The van der Waals surface area contributed by atoms with Crippen LogP contribution in [0.1, 0.15) is 32.6 Å². The Kier molecular flexibility index (Phi) is 1.51. The van der Waals surface area contributed by atoms with Crippen molar-refractivity contribution in [3.05, 3.63) is 0 Å². The highest BCUT2D eigenvalue weighted by Crippen LogP contribution is 2.34.